The van der Waals surface area contributed by atoms with Crippen molar-refractivity contribution in [2.45, 2.75) is 65.3 Å². The molecule has 1 fully saturated rings. The first kappa shape index (κ1) is 14.6. The fourth-order valence-electron chi connectivity index (χ4n) is 4.21. The summed E-state index contributed by atoms with van der Waals surface area (Å²) in [5, 5.41) is 4.54. The zero-order valence-electron chi connectivity index (χ0n) is 13.2. The Kier molecular flexibility index (Phi) is 3.78. The van der Waals surface area contributed by atoms with Gasteiger partial charge < -0.3 is 5.73 Å². The van der Waals surface area contributed by atoms with Crippen molar-refractivity contribution in [3.05, 3.63) is 17.5 Å². The molecule has 1 aliphatic carbocycles. The monoisotopic (exact) mass is 263 g/mol. The summed E-state index contributed by atoms with van der Waals surface area (Å²) in [6.45, 7) is 9.19. The van der Waals surface area contributed by atoms with Crippen LogP contribution in [0.3, 0.4) is 0 Å². The number of rotatable bonds is 3. The molecule has 2 N–H and O–H groups in total. The molecule has 2 unspecified atom stereocenters. The van der Waals surface area contributed by atoms with Crippen LogP contribution in [0.25, 0.3) is 0 Å². The van der Waals surface area contributed by atoms with E-state index < -0.39 is 0 Å². The minimum atomic E-state index is -0.0695. The maximum Gasteiger partial charge on any atom is 0.0624 e. The summed E-state index contributed by atoms with van der Waals surface area (Å²) in [5.74, 6) is 0.715. The topological polar surface area (TPSA) is 43.8 Å². The smallest absolute Gasteiger partial charge is 0.0624 e. The van der Waals surface area contributed by atoms with E-state index in [1.807, 2.05) is 11.7 Å². The lowest BCUT2D eigenvalue weighted by Crippen LogP contribution is -2.51. The van der Waals surface area contributed by atoms with Gasteiger partial charge in [-0.3, -0.25) is 4.68 Å². The summed E-state index contributed by atoms with van der Waals surface area (Å²) < 4.78 is 2.01. The van der Waals surface area contributed by atoms with Gasteiger partial charge in [-0.05, 0) is 43.1 Å². The van der Waals surface area contributed by atoms with E-state index in [1.54, 1.807) is 0 Å². The lowest BCUT2D eigenvalue weighted by Gasteiger charge is -2.45. The van der Waals surface area contributed by atoms with Crippen molar-refractivity contribution < 1.29 is 0 Å². The highest BCUT2D eigenvalue weighted by molar-refractivity contribution is 5.15. The lowest BCUT2D eigenvalue weighted by atomic mass is 9.63. The molecule has 1 heterocycles. The van der Waals surface area contributed by atoms with Crippen LogP contribution in [0.1, 0.15) is 58.3 Å². The third kappa shape index (κ3) is 3.38. The molecule has 0 bridgehead atoms. The van der Waals surface area contributed by atoms with E-state index in [9.17, 15) is 0 Å². The average Bonchev–Trinajstić information content (AvgIpc) is 2.55. The highest BCUT2D eigenvalue weighted by atomic mass is 15.3. The van der Waals surface area contributed by atoms with Crippen LogP contribution in [0.15, 0.2) is 6.07 Å². The molecule has 108 valence electrons. The Bertz CT molecular complexity index is 447. The van der Waals surface area contributed by atoms with Crippen molar-refractivity contribution in [3.63, 3.8) is 0 Å². The predicted octanol–water partition coefficient (Wildman–Crippen LogP) is 3.07. The van der Waals surface area contributed by atoms with Crippen LogP contribution in [0.4, 0.5) is 0 Å². The quantitative estimate of drug-likeness (QED) is 0.911. The Labute approximate surface area is 117 Å². The van der Waals surface area contributed by atoms with Crippen LogP contribution in [-0.2, 0) is 19.9 Å². The van der Waals surface area contributed by atoms with Crippen LogP contribution < -0.4 is 5.73 Å². The second kappa shape index (κ2) is 4.93. The van der Waals surface area contributed by atoms with Crippen molar-refractivity contribution in [2.75, 3.05) is 0 Å². The van der Waals surface area contributed by atoms with E-state index in [2.05, 4.69) is 38.9 Å². The molecule has 0 spiro atoms. The predicted molar refractivity (Wildman–Crippen MR) is 80.0 cm³/mol. The first-order chi connectivity index (χ1) is 8.73. The van der Waals surface area contributed by atoms with Crippen LogP contribution >= 0.6 is 0 Å². The fraction of sp³-hybridized carbons (Fsp3) is 0.812. The summed E-state index contributed by atoms with van der Waals surface area (Å²) in [6, 6.07) is 2.22. The van der Waals surface area contributed by atoms with Crippen LogP contribution in [0.2, 0.25) is 0 Å². The van der Waals surface area contributed by atoms with Gasteiger partial charge in [0.1, 0.15) is 0 Å². The number of hydrogen-bond donors (Lipinski definition) is 1. The molecule has 0 amide bonds. The van der Waals surface area contributed by atoms with Gasteiger partial charge in [-0.2, -0.15) is 5.10 Å². The van der Waals surface area contributed by atoms with Gasteiger partial charge in [0, 0.05) is 24.7 Å². The SMILES string of the molecule is CCc1cc(CC2(N)CC(C)CC(C)(C)C2)n(C)n1. The standard InChI is InChI=1S/C16H29N3/c1-6-13-7-14(19(5)18-13)10-16(17)9-12(2)8-15(3,4)11-16/h7,12H,6,8-11,17H2,1-5H3. The van der Waals surface area contributed by atoms with Crippen molar-refractivity contribution in [1.29, 1.82) is 0 Å². The van der Waals surface area contributed by atoms with Crippen LogP contribution in [0, 0.1) is 11.3 Å². The summed E-state index contributed by atoms with van der Waals surface area (Å²) in [7, 11) is 2.04. The van der Waals surface area contributed by atoms with Gasteiger partial charge in [0.25, 0.3) is 0 Å². The first-order valence-corrected chi connectivity index (χ1v) is 7.54. The van der Waals surface area contributed by atoms with E-state index >= 15 is 0 Å². The Hall–Kier alpha value is -0.830. The van der Waals surface area contributed by atoms with Crippen LogP contribution in [-0.4, -0.2) is 15.3 Å². The molecule has 1 saturated carbocycles. The second-order valence-electron chi connectivity index (χ2n) is 7.50. The van der Waals surface area contributed by atoms with E-state index in [0.717, 1.165) is 25.7 Å². The van der Waals surface area contributed by atoms with Gasteiger partial charge in [0.2, 0.25) is 0 Å². The van der Waals surface area contributed by atoms with E-state index in [-0.39, 0.29) is 5.54 Å². The first-order valence-electron chi connectivity index (χ1n) is 7.54. The molecule has 1 aliphatic rings. The van der Waals surface area contributed by atoms with Gasteiger partial charge in [-0.25, -0.2) is 0 Å². The molecule has 0 aliphatic heterocycles. The molecule has 3 heteroatoms. The van der Waals surface area contributed by atoms with Crippen LogP contribution in [0.5, 0.6) is 0 Å². The molecule has 1 aromatic rings. The summed E-state index contributed by atoms with van der Waals surface area (Å²) >= 11 is 0. The summed E-state index contributed by atoms with van der Waals surface area (Å²) in [6.07, 6.45) is 5.47. The normalized spacial score (nSPS) is 30.5. The Balaban J connectivity index is 2.18. The minimum absolute atomic E-state index is 0.0695. The fourth-order valence-corrected chi connectivity index (χ4v) is 4.21. The second-order valence-corrected chi connectivity index (χ2v) is 7.50. The van der Waals surface area contributed by atoms with E-state index in [4.69, 9.17) is 5.73 Å². The molecule has 2 atom stereocenters. The molecule has 0 radical (unpaired) electrons. The number of nitrogens with zero attached hydrogens (tertiary/aromatic N) is 2. The van der Waals surface area contributed by atoms with Gasteiger partial charge >= 0.3 is 0 Å². The number of aromatic nitrogens is 2. The molecule has 2 rings (SSSR count). The van der Waals surface area contributed by atoms with Crippen molar-refractivity contribution in [2.24, 2.45) is 24.1 Å². The molecule has 0 saturated heterocycles. The van der Waals surface area contributed by atoms with Gasteiger partial charge in [0.15, 0.2) is 0 Å². The maximum atomic E-state index is 6.74. The lowest BCUT2D eigenvalue weighted by molar-refractivity contribution is 0.107. The molecule has 0 aromatic carbocycles. The third-order valence-electron chi connectivity index (χ3n) is 4.41. The van der Waals surface area contributed by atoms with Crippen molar-refractivity contribution in [3.8, 4) is 0 Å². The van der Waals surface area contributed by atoms with Gasteiger partial charge in [0.05, 0.1) is 5.69 Å². The van der Waals surface area contributed by atoms with Crippen molar-refractivity contribution >= 4 is 0 Å². The molecule has 19 heavy (non-hydrogen) atoms. The molecular weight excluding hydrogens is 234 g/mol. The largest absolute Gasteiger partial charge is 0.325 e. The third-order valence-corrected chi connectivity index (χ3v) is 4.41. The number of nitrogens with two attached hydrogens (primary N) is 1. The minimum Gasteiger partial charge on any atom is -0.325 e. The Morgan fingerprint density at radius 1 is 1.42 bits per heavy atom. The average molecular weight is 263 g/mol. The van der Waals surface area contributed by atoms with E-state index in [0.29, 0.717) is 11.3 Å². The van der Waals surface area contributed by atoms with E-state index in [1.165, 1.54) is 17.8 Å². The summed E-state index contributed by atoms with van der Waals surface area (Å²) in [4.78, 5) is 0. The Morgan fingerprint density at radius 3 is 2.63 bits per heavy atom. The highest BCUT2D eigenvalue weighted by Crippen LogP contribution is 2.43. The zero-order chi connectivity index (χ0) is 14.3. The molecular formula is C16H29N3. The van der Waals surface area contributed by atoms with Crippen molar-refractivity contribution in [1.82, 2.24) is 9.78 Å². The van der Waals surface area contributed by atoms with Gasteiger partial charge in [-0.15, -0.1) is 0 Å². The summed E-state index contributed by atoms with van der Waals surface area (Å²) in [5.41, 5.74) is 9.48. The Morgan fingerprint density at radius 2 is 2.11 bits per heavy atom. The molecule has 1 aromatic heterocycles. The molecule has 3 nitrogen and oxygen atoms in total. The van der Waals surface area contributed by atoms with Gasteiger partial charge in [-0.1, -0.05) is 27.7 Å². The highest BCUT2D eigenvalue weighted by Gasteiger charge is 2.40. The number of hydrogen-bond acceptors (Lipinski definition) is 2. The number of aryl methyl sites for hydroxylation is 2. The zero-order valence-corrected chi connectivity index (χ0v) is 13.2. The maximum absolute atomic E-state index is 6.74.